The summed E-state index contributed by atoms with van der Waals surface area (Å²) < 4.78 is 16.2. The molecular weight excluding hydrogens is 372 g/mol. The van der Waals surface area contributed by atoms with Crippen LogP contribution in [0.2, 0.25) is 0 Å². The first-order chi connectivity index (χ1) is 13.7. The minimum absolute atomic E-state index is 0.295. The van der Waals surface area contributed by atoms with E-state index in [1.165, 1.54) is 0 Å². The summed E-state index contributed by atoms with van der Waals surface area (Å²) >= 11 is 0. The molecule has 1 aliphatic heterocycles. The van der Waals surface area contributed by atoms with Crippen molar-refractivity contribution in [1.29, 1.82) is 0 Å². The Hall–Kier alpha value is -3.12. The molecule has 0 aromatic heterocycles. The van der Waals surface area contributed by atoms with Crippen molar-refractivity contribution in [2.24, 2.45) is 5.41 Å². The number of carbonyl (C=O) groups is 2. The predicted octanol–water partition coefficient (Wildman–Crippen LogP) is 4.20. The summed E-state index contributed by atoms with van der Waals surface area (Å²) in [5.74, 6) is 0.561. The van der Waals surface area contributed by atoms with E-state index in [-0.39, 0.29) is 11.9 Å². The van der Waals surface area contributed by atoms with Crippen molar-refractivity contribution in [3.63, 3.8) is 0 Å². The van der Waals surface area contributed by atoms with Gasteiger partial charge < -0.3 is 19.3 Å². The Kier molecular flexibility index (Phi) is 5.75. The third-order valence-electron chi connectivity index (χ3n) is 4.33. The lowest BCUT2D eigenvalue weighted by Crippen LogP contribution is -2.25. The first-order valence-electron chi connectivity index (χ1n) is 9.41. The van der Waals surface area contributed by atoms with Gasteiger partial charge in [0.2, 0.25) is 6.29 Å². The van der Waals surface area contributed by atoms with E-state index in [0.717, 1.165) is 11.1 Å². The minimum atomic E-state index is -1.18. The Morgan fingerprint density at radius 2 is 1.69 bits per heavy atom. The van der Waals surface area contributed by atoms with Crippen LogP contribution in [-0.4, -0.2) is 23.3 Å². The average Bonchev–Trinajstić information content (AvgIpc) is 2.67. The van der Waals surface area contributed by atoms with Crippen LogP contribution >= 0.6 is 0 Å². The molecule has 0 saturated carbocycles. The van der Waals surface area contributed by atoms with Crippen molar-refractivity contribution in [3.8, 4) is 17.2 Å². The van der Waals surface area contributed by atoms with Gasteiger partial charge in [-0.05, 0) is 56.7 Å². The Morgan fingerprint density at radius 1 is 1.03 bits per heavy atom. The lowest BCUT2D eigenvalue weighted by molar-refractivity contribution is -0.143. The molecule has 6 heteroatoms. The molecule has 0 aliphatic carbocycles. The molecule has 1 heterocycles. The van der Waals surface area contributed by atoms with E-state index >= 15 is 0 Å². The van der Waals surface area contributed by atoms with Crippen LogP contribution in [0.15, 0.2) is 42.5 Å². The zero-order chi connectivity index (χ0) is 21.2. The highest BCUT2D eigenvalue weighted by Crippen LogP contribution is 2.36. The van der Waals surface area contributed by atoms with Gasteiger partial charge in [-0.25, -0.2) is 0 Å². The van der Waals surface area contributed by atoms with E-state index in [2.05, 4.69) is 0 Å². The zero-order valence-corrected chi connectivity index (χ0v) is 16.9. The fourth-order valence-corrected chi connectivity index (χ4v) is 2.63. The maximum atomic E-state index is 12.1. The van der Waals surface area contributed by atoms with Gasteiger partial charge in [0.15, 0.2) is 0 Å². The predicted molar refractivity (Wildman–Crippen MR) is 108 cm³/mol. The van der Waals surface area contributed by atoms with Crippen LogP contribution in [0.4, 0.5) is 0 Å². The number of ether oxygens (including phenoxy) is 3. The second kappa shape index (κ2) is 8.09. The summed E-state index contributed by atoms with van der Waals surface area (Å²) in [4.78, 5) is 23.4. The fraction of sp³-hybridized carbons (Fsp3) is 0.304. The Bertz CT molecular complexity index is 950. The summed E-state index contributed by atoms with van der Waals surface area (Å²) in [5.41, 5.74) is 1.44. The molecule has 0 fully saturated rings. The lowest BCUT2D eigenvalue weighted by atomic mass is 9.97. The van der Waals surface area contributed by atoms with Gasteiger partial charge in [-0.3, -0.25) is 9.59 Å². The molecule has 1 unspecified atom stereocenters. The Balaban J connectivity index is 1.82. The molecular formula is C23H24O6. The van der Waals surface area contributed by atoms with Crippen LogP contribution in [0.3, 0.4) is 0 Å². The number of aliphatic hydroxyl groups is 1. The molecule has 0 radical (unpaired) electrons. The van der Waals surface area contributed by atoms with Crippen LogP contribution < -0.4 is 14.2 Å². The molecule has 6 nitrogen and oxygen atoms in total. The number of rotatable bonds is 4. The van der Waals surface area contributed by atoms with Crippen molar-refractivity contribution >= 4 is 23.6 Å². The first kappa shape index (κ1) is 20.6. The number of esters is 2. The minimum Gasteiger partial charge on any atom is -0.460 e. The van der Waals surface area contributed by atoms with Gasteiger partial charge in [-0.2, -0.15) is 0 Å². The molecule has 3 rings (SSSR count). The van der Waals surface area contributed by atoms with Crippen LogP contribution in [0.25, 0.3) is 11.6 Å². The van der Waals surface area contributed by atoms with Gasteiger partial charge in [-0.15, -0.1) is 0 Å². The fourth-order valence-electron chi connectivity index (χ4n) is 2.63. The van der Waals surface area contributed by atoms with E-state index in [1.807, 2.05) is 6.08 Å². The molecule has 1 atom stereocenters. The number of carbonyl (C=O) groups excluding carboxylic acids is 2. The maximum absolute atomic E-state index is 12.1. The second-order valence-corrected chi connectivity index (χ2v) is 7.76. The van der Waals surface area contributed by atoms with Gasteiger partial charge in [0.1, 0.15) is 17.2 Å². The van der Waals surface area contributed by atoms with Gasteiger partial charge in [0, 0.05) is 23.6 Å². The van der Waals surface area contributed by atoms with Gasteiger partial charge in [0.25, 0.3) is 0 Å². The molecule has 29 heavy (non-hydrogen) atoms. The first-order valence-corrected chi connectivity index (χ1v) is 9.41. The van der Waals surface area contributed by atoms with Gasteiger partial charge >= 0.3 is 11.9 Å². The summed E-state index contributed by atoms with van der Waals surface area (Å²) in [6.07, 6.45) is 0.926. The van der Waals surface area contributed by atoms with E-state index in [9.17, 15) is 14.7 Å². The third-order valence-corrected chi connectivity index (χ3v) is 4.33. The molecule has 152 valence electrons. The number of hydrogen-bond acceptors (Lipinski definition) is 6. The Morgan fingerprint density at radius 3 is 2.31 bits per heavy atom. The van der Waals surface area contributed by atoms with E-state index < -0.39 is 11.7 Å². The molecule has 1 aliphatic rings. The van der Waals surface area contributed by atoms with E-state index in [4.69, 9.17) is 14.2 Å². The number of benzene rings is 2. The zero-order valence-electron chi connectivity index (χ0n) is 16.9. The van der Waals surface area contributed by atoms with Crippen molar-refractivity contribution in [3.05, 3.63) is 53.6 Å². The lowest BCUT2D eigenvalue weighted by Gasteiger charge is -2.24. The smallest absolute Gasteiger partial charge is 0.316 e. The number of hydrogen-bond donors (Lipinski definition) is 1. The highest BCUT2D eigenvalue weighted by Gasteiger charge is 2.26. The second-order valence-electron chi connectivity index (χ2n) is 7.76. The highest BCUT2D eigenvalue weighted by molar-refractivity contribution is 5.87. The molecule has 0 spiro atoms. The summed E-state index contributed by atoms with van der Waals surface area (Å²) in [6, 6.07) is 11.9. The number of fused-ring (bicyclic) bond motifs is 1. The summed E-state index contributed by atoms with van der Waals surface area (Å²) in [6.45, 7) is 7.05. The van der Waals surface area contributed by atoms with Crippen LogP contribution in [0, 0.1) is 5.41 Å². The summed E-state index contributed by atoms with van der Waals surface area (Å²) in [5, 5.41) is 10.4. The van der Waals surface area contributed by atoms with E-state index in [1.54, 1.807) is 70.2 Å². The normalized spacial score (nSPS) is 15.6. The quantitative estimate of drug-likeness (QED) is 0.616. The maximum Gasteiger partial charge on any atom is 0.316 e. The van der Waals surface area contributed by atoms with Gasteiger partial charge in [0.05, 0.1) is 5.41 Å². The molecule has 0 amide bonds. The molecule has 2 aromatic carbocycles. The van der Waals surface area contributed by atoms with Crippen LogP contribution in [-0.2, 0) is 9.59 Å². The SMILES string of the molecule is CCC(=O)Oc1ccc(C2=Cc3ccc(OC(=O)C(C)(C)C)cc3OC2O)cc1. The standard InChI is InChI=1S/C23H24O6/c1-5-20(24)27-16-9-6-14(7-10-16)18-12-15-8-11-17(13-19(15)29-21(18)25)28-22(26)23(2,3)4/h6-13,21,25H,5H2,1-4H3. The van der Waals surface area contributed by atoms with Crippen LogP contribution in [0.5, 0.6) is 17.2 Å². The molecule has 1 N–H and O–H groups in total. The van der Waals surface area contributed by atoms with Crippen molar-refractivity contribution in [2.45, 2.75) is 40.4 Å². The summed E-state index contributed by atoms with van der Waals surface area (Å²) in [7, 11) is 0. The topological polar surface area (TPSA) is 82.1 Å². The third kappa shape index (κ3) is 4.84. The van der Waals surface area contributed by atoms with Crippen molar-refractivity contribution < 1.29 is 28.9 Å². The molecule has 2 aromatic rings. The van der Waals surface area contributed by atoms with Crippen molar-refractivity contribution in [2.75, 3.05) is 0 Å². The largest absolute Gasteiger partial charge is 0.460 e. The monoisotopic (exact) mass is 396 g/mol. The molecule has 0 bridgehead atoms. The van der Waals surface area contributed by atoms with E-state index in [0.29, 0.717) is 29.2 Å². The highest BCUT2D eigenvalue weighted by atomic mass is 16.6. The van der Waals surface area contributed by atoms with Crippen molar-refractivity contribution in [1.82, 2.24) is 0 Å². The molecule has 0 saturated heterocycles. The van der Waals surface area contributed by atoms with Gasteiger partial charge in [-0.1, -0.05) is 19.1 Å². The van der Waals surface area contributed by atoms with Crippen LogP contribution in [0.1, 0.15) is 45.2 Å². The number of aliphatic hydroxyl groups excluding tert-OH is 1. The average molecular weight is 396 g/mol. The Labute approximate surface area is 169 Å².